The second-order valence-corrected chi connectivity index (χ2v) is 6.80. The normalized spacial score (nSPS) is 10.9. The predicted molar refractivity (Wildman–Crippen MR) is 108 cm³/mol. The summed E-state index contributed by atoms with van der Waals surface area (Å²) in [6, 6.07) is 5.41. The summed E-state index contributed by atoms with van der Waals surface area (Å²) in [5, 5.41) is 3.73. The summed E-state index contributed by atoms with van der Waals surface area (Å²) < 4.78 is 25.8. The molecular formula is C18H15Cl2FN4O5. The number of nitrogens with one attached hydrogen (secondary N) is 1. The summed E-state index contributed by atoms with van der Waals surface area (Å²) in [5.74, 6) is 0.364. The van der Waals surface area contributed by atoms with E-state index in [4.69, 9.17) is 32.7 Å². The minimum Gasteiger partial charge on any atom is -0.453 e. The van der Waals surface area contributed by atoms with E-state index in [-0.39, 0.29) is 27.0 Å². The number of benzene rings is 1. The van der Waals surface area contributed by atoms with Crippen LogP contribution in [0.5, 0.6) is 11.5 Å². The first-order valence-electron chi connectivity index (χ1n) is 8.49. The van der Waals surface area contributed by atoms with Crippen molar-refractivity contribution >= 4 is 23.2 Å². The molecule has 9 nitrogen and oxygen atoms in total. The molecule has 0 aliphatic carbocycles. The van der Waals surface area contributed by atoms with E-state index in [0.717, 1.165) is 4.68 Å². The van der Waals surface area contributed by atoms with Crippen molar-refractivity contribution in [3.63, 3.8) is 0 Å². The molecule has 0 unspecified atom stereocenters. The van der Waals surface area contributed by atoms with E-state index in [0.29, 0.717) is 18.9 Å². The van der Waals surface area contributed by atoms with Crippen molar-refractivity contribution in [2.24, 2.45) is 0 Å². The summed E-state index contributed by atoms with van der Waals surface area (Å²) in [7, 11) is 1.52. The number of nitrogens with zero attached hydrogens (tertiary/aromatic N) is 3. The second-order valence-electron chi connectivity index (χ2n) is 5.98. The highest BCUT2D eigenvalue weighted by Crippen LogP contribution is 2.37. The largest absolute Gasteiger partial charge is 0.453 e. The third-order valence-electron chi connectivity index (χ3n) is 3.96. The minimum absolute atomic E-state index is 0.0221. The van der Waals surface area contributed by atoms with Crippen LogP contribution in [0.3, 0.4) is 0 Å². The number of halogens is 3. The fraction of sp³-hybridized carbons (Fsp3) is 0.222. The lowest BCUT2D eigenvalue weighted by Gasteiger charge is -2.13. The van der Waals surface area contributed by atoms with Crippen molar-refractivity contribution in [2.45, 2.75) is 13.2 Å². The number of rotatable bonds is 7. The molecule has 0 saturated heterocycles. The lowest BCUT2D eigenvalue weighted by atomic mass is 10.3. The third-order valence-corrected chi connectivity index (χ3v) is 4.52. The van der Waals surface area contributed by atoms with Crippen molar-refractivity contribution in [1.82, 2.24) is 19.3 Å². The molecule has 0 spiro atoms. The van der Waals surface area contributed by atoms with Crippen molar-refractivity contribution in [3.05, 3.63) is 77.4 Å². The van der Waals surface area contributed by atoms with Crippen LogP contribution in [0.2, 0.25) is 10.0 Å². The topological polar surface area (TPSA) is 108 Å². The first kappa shape index (κ1) is 21.8. The Morgan fingerprint density at radius 3 is 2.50 bits per heavy atom. The summed E-state index contributed by atoms with van der Waals surface area (Å²) in [5.41, 5.74) is -2.42. The Morgan fingerprint density at radius 2 is 1.87 bits per heavy atom. The van der Waals surface area contributed by atoms with Crippen LogP contribution in [-0.4, -0.2) is 33.0 Å². The molecule has 30 heavy (non-hydrogen) atoms. The van der Waals surface area contributed by atoms with E-state index in [1.165, 1.54) is 42.1 Å². The zero-order valence-electron chi connectivity index (χ0n) is 15.5. The maximum Gasteiger partial charge on any atom is 0.349 e. The molecule has 0 radical (unpaired) electrons. The van der Waals surface area contributed by atoms with E-state index >= 15 is 0 Å². The molecular weight excluding hydrogens is 442 g/mol. The summed E-state index contributed by atoms with van der Waals surface area (Å²) in [6.45, 7) is -0.497. The SMILES string of the molecule is COCCn1cc(Oc2c(Cl)cc(-n3nc(CF)c(=O)[nH]c3=O)cc2Cl)ccc1=O. The number of aromatic amines is 1. The van der Waals surface area contributed by atoms with Crippen molar-refractivity contribution in [3.8, 4) is 17.2 Å². The molecule has 2 heterocycles. The summed E-state index contributed by atoms with van der Waals surface area (Å²) >= 11 is 12.5. The van der Waals surface area contributed by atoms with Crippen molar-refractivity contribution < 1.29 is 13.9 Å². The lowest BCUT2D eigenvalue weighted by molar-refractivity contribution is 0.186. The van der Waals surface area contributed by atoms with E-state index in [9.17, 15) is 18.8 Å². The molecule has 3 rings (SSSR count). The number of hydrogen-bond donors (Lipinski definition) is 1. The number of pyridine rings is 1. The zero-order chi connectivity index (χ0) is 21.8. The molecule has 0 atom stereocenters. The Labute approximate surface area is 178 Å². The van der Waals surface area contributed by atoms with Crippen LogP contribution in [0, 0.1) is 0 Å². The van der Waals surface area contributed by atoms with Gasteiger partial charge in [0.05, 0.1) is 22.3 Å². The second kappa shape index (κ2) is 9.24. The number of alkyl halides is 1. The standard InChI is InChI=1S/C18H15Cl2FN4O5/c1-29-5-4-24-9-11(2-3-15(24)26)30-16-12(19)6-10(7-13(16)20)25-18(28)22-17(27)14(8-21)23-25/h2-3,6-7,9H,4-5,8H2,1H3,(H,22,27,28). The van der Waals surface area contributed by atoms with Crippen LogP contribution in [0.25, 0.3) is 5.69 Å². The molecule has 1 N–H and O–H groups in total. The van der Waals surface area contributed by atoms with Crippen LogP contribution in [0.1, 0.15) is 5.69 Å². The van der Waals surface area contributed by atoms with Gasteiger partial charge in [0.2, 0.25) is 0 Å². The number of aromatic nitrogens is 4. The summed E-state index contributed by atoms with van der Waals surface area (Å²) in [4.78, 5) is 37.4. The molecule has 0 amide bonds. The maximum absolute atomic E-state index is 12.9. The quantitative estimate of drug-likeness (QED) is 0.584. The lowest BCUT2D eigenvalue weighted by Crippen LogP contribution is -2.33. The Hall–Kier alpha value is -2.95. The monoisotopic (exact) mass is 456 g/mol. The molecule has 0 aliphatic rings. The average Bonchev–Trinajstić information content (AvgIpc) is 2.71. The molecule has 12 heteroatoms. The van der Waals surface area contributed by atoms with E-state index in [1.807, 2.05) is 4.98 Å². The average molecular weight is 457 g/mol. The van der Waals surface area contributed by atoms with Crippen LogP contribution in [-0.2, 0) is 18.0 Å². The Morgan fingerprint density at radius 1 is 1.17 bits per heavy atom. The van der Waals surface area contributed by atoms with Gasteiger partial charge in [-0.2, -0.15) is 9.78 Å². The molecule has 3 aromatic rings. The number of methoxy groups -OCH3 is 1. The highest BCUT2D eigenvalue weighted by molar-refractivity contribution is 6.37. The molecule has 1 aromatic carbocycles. The molecule has 0 aliphatic heterocycles. The first-order chi connectivity index (χ1) is 14.3. The van der Waals surface area contributed by atoms with Gasteiger partial charge < -0.3 is 14.0 Å². The Kier molecular flexibility index (Phi) is 6.70. The van der Waals surface area contributed by atoms with Gasteiger partial charge in [-0.25, -0.2) is 9.18 Å². The molecule has 0 fully saturated rings. The van der Waals surface area contributed by atoms with Gasteiger partial charge in [-0.05, 0) is 18.2 Å². The highest BCUT2D eigenvalue weighted by Gasteiger charge is 2.15. The number of H-pyrrole nitrogens is 1. The van der Waals surface area contributed by atoms with Gasteiger partial charge in [-0.3, -0.25) is 14.6 Å². The van der Waals surface area contributed by atoms with E-state index in [2.05, 4.69) is 5.10 Å². The van der Waals surface area contributed by atoms with Crippen molar-refractivity contribution in [2.75, 3.05) is 13.7 Å². The van der Waals surface area contributed by atoms with Gasteiger partial charge in [-0.1, -0.05) is 23.2 Å². The number of ether oxygens (including phenoxy) is 2. The molecule has 158 valence electrons. The molecule has 2 aromatic heterocycles. The van der Waals surface area contributed by atoms with Gasteiger partial charge in [0.15, 0.2) is 11.4 Å². The Bertz CT molecular complexity index is 1230. The molecule has 0 saturated carbocycles. The fourth-order valence-electron chi connectivity index (χ4n) is 2.51. The smallest absolute Gasteiger partial charge is 0.349 e. The van der Waals surface area contributed by atoms with Gasteiger partial charge in [-0.15, -0.1) is 0 Å². The Balaban J connectivity index is 1.98. The van der Waals surface area contributed by atoms with E-state index in [1.54, 1.807) is 0 Å². The third kappa shape index (κ3) is 4.61. The van der Waals surface area contributed by atoms with Crippen LogP contribution < -0.4 is 21.5 Å². The van der Waals surface area contributed by atoms with Gasteiger partial charge in [0.25, 0.3) is 11.1 Å². The maximum atomic E-state index is 12.9. The zero-order valence-corrected chi connectivity index (χ0v) is 17.0. The van der Waals surface area contributed by atoms with Crippen LogP contribution in [0.4, 0.5) is 4.39 Å². The fourth-order valence-corrected chi connectivity index (χ4v) is 3.07. The first-order valence-corrected chi connectivity index (χ1v) is 9.25. The van der Waals surface area contributed by atoms with Crippen LogP contribution in [0.15, 0.2) is 44.8 Å². The minimum atomic E-state index is -1.16. The van der Waals surface area contributed by atoms with Gasteiger partial charge in [0, 0.05) is 25.9 Å². The van der Waals surface area contributed by atoms with Gasteiger partial charge in [0.1, 0.15) is 12.4 Å². The summed E-state index contributed by atoms with van der Waals surface area (Å²) in [6.07, 6.45) is 1.48. The molecule has 0 bridgehead atoms. The van der Waals surface area contributed by atoms with Crippen molar-refractivity contribution in [1.29, 1.82) is 0 Å². The predicted octanol–water partition coefficient (Wildman–Crippen LogP) is 2.30. The van der Waals surface area contributed by atoms with E-state index < -0.39 is 23.6 Å². The number of hydrogen-bond acceptors (Lipinski definition) is 6. The van der Waals surface area contributed by atoms with Gasteiger partial charge >= 0.3 is 5.69 Å². The highest BCUT2D eigenvalue weighted by atomic mass is 35.5. The van der Waals surface area contributed by atoms with Crippen LogP contribution >= 0.6 is 23.2 Å².